The SMILES string of the molecule is CC(CC(C)(CO)NC1CC1)N1Cc2ccccc2C1. The molecule has 1 aliphatic heterocycles. The summed E-state index contributed by atoms with van der Waals surface area (Å²) in [7, 11) is 0. The van der Waals surface area contributed by atoms with Gasteiger partial charge in [-0.1, -0.05) is 24.3 Å². The van der Waals surface area contributed by atoms with Crippen LogP contribution in [0.2, 0.25) is 0 Å². The van der Waals surface area contributed by atoms with Gasteiger partial charge in [0.15, 0.2) is 0 Å². The number of nitrogens with zero attached hydrogens (tertiary/aromatic N) is 1. The molecule has 3 heteroatoms. The Labute approximate surface area is 122 Å². The number of benzene rings is 1. The van der Waals surface area contributed by atoms with Gasteiger partial charge in [-0.25, -0.2) is 0 Å². The van der Waals surface area contributed by atoms with Crippen LogP contribution in [0.25, 0.3) is 0 Å². The zero-order valence-electron chi connectivity index (χ0n) is 12.6. The first-order valence-electron chi connectivity index (χ1n) is 7.79. The molecule has 2 atom stereocenters. The van der Waals surface area contributed by atoms with E-state index in [1.807, 2.05) is 0 Å². The first-order chi connectivity index (χ1) is 9.59. The van der Waals surface area contributed by atoms with Crippen molar-refractivity contribution in [3.8, 4) is 0 Å². The summed E-state index contributed by atoms with van der Waals surface area (Å²) in [6, 6.07) is 9.82. The molecule has 20 heavy (non-hydrogen) atoms. The fourth-order valence-electron chi connectivity index (χ4n) is 3.34. The van der Waals surface area contributed by atoms with Gasteiger partial charge in [-0.15, -0.1) is 0 Å². The average molecular weight is 274 g/mol. The van der Waals surface area contributed by atoms with Crippen molar-refractivity contribution in [2.24, 2.45) is 0 Å². The van der Waals surface area contributed by atoms with E-state index in [9.17, 15) is 5.11 Å². The molecule has 1 aliphatic carbocycles. The van der Waals surface area contributed by atoms with Crippen LogP contribution in [0.4, 0.5) is 0 Å². The summed E-state index contributed by atoms with van der Waals surface area (Å²) in [5.74, 6) is 0. The largest absolute Gasteiger partial charge is 0.394 e. The van der Waals surface area contributed by atoms with E-state index in [0.29, 0.717) is 12.1 Å². The Morgan fingerprint density at radius 1 is 1.30 bits per heavy atom. The van der Waals surface area contributed by atoms with Crippen LogP contribution in [0, 0.1) is 0 Å². The van der Waals surface area contributed by atoms with Crippen LogP contribution < -0.4 is 5.32 Å². The minimum absolute atomic E-state index is 0.143. The van der Waals surface area contributed by atoms with Crippen molar-refractivity contribution in [2.75, 3.05) is 6.61 Å². The summed E-state index contributed by atoms with van der Waals surface area (Å²) in [6.45, 7) is 6.75. The van der Waals surface area contributed by atoms with Gasteiger partial charge in [0.25, 0.3) is 0 Å². The van der Waals surface area contributed by atoms with E-state index in [0.717, 1.165) is 19.5 Å². The van der Waals surface area contributed by atoms with Crippen molar-refractivity contribution in [2.45, 2.75) is 63.8 Å². The molecule has 2 aliphatic rings. The van der Waals surface area contributed by atoms with E-state index < -0.39 is 0 Å². The van der Waals surface area contributed by atoms with E-state index >= 15 is 0 Å². The zero-order chi connectivity index (χ0) is 14.2. The molecule has 0 aromatic heterocycles. The molecule has 3 rings (SSSR count). The molecule has 0 saturated heterocycles. The number of hydrogen-bond acceptors (Lipinski definition) is 3. The molecule has 0 bridgehead atoms. The van der Waals surface area contributed by atoms with Gasteiger partial charge in [-0.3, -0.25) is 4.90 Å². The monoisotopic (exact) mass is 274 g/mol. The van der Waals surface area contributed by atoms with Crippen LogP contribution in [-0.2, 0) is 13.1 Å². The predicted molar refractivity (Wildman–Crippen MR) is 81.4 cm³/mol. The number of nitrogens with one attached hydrogen (secondary N) is 1. The summed E-state index contributed by atoms with van der Waals surface area (Å²) in [5.41, 5.74) is 2.77. The van der Waals surface area contributed by atoms with Crippen molar-refractivity contribution in [1.29, 1.82) is 0 Å². The maximum Gasteiger partial charge on any atom is 0.0611 e. The molecule has 3 nitrogen and oxygen atoms in total. The second-order valence-electron chi connectivity index (χ2n) is 6.86. The van der Waals surface area contributed by atoms with Crippen LogP contribution >= 0.6 is 0 Å². The second kappa shape index (κ2) is 5.47. The fourth-order valence-corrected chi connectivity index (χ4v) is 3.34. The number of hydrogen-bond donors (Lipinski definition) is 2. The maximum atomic E-state index is 9.75. The summed E-state index contributed by atoms with van der Waals surface area (Å²) < 4.78 is 0. The first kappa shape index (κ1) is 14.1. The molecule has 1 fully saturated rings. The van der Waals surface area contributed by atoms with Gasteiger partial charge < -0.3 is 10.4 Å². The fraction of sp³-hybridized carbons (Fsp3) is 0.647. The van der Waals surface area contributed by atoms with Gasteiger partial charge in [-0.05, 0) is 44.2 Å². The first-order valence-corrected chi connectivity index (χ1v) is 7.79. The maximum absolute atomic E-state index is 9.75. The Bertz CT molecular complexity index is 447. The van der Waals surface area contributed by atoms with Gasteiger partial charge in [-0.2, -0.15) is 0 Å². The molecule has 1 saturated carbocycles. The Balaban J connectivity index is 1.60. The Kier molecular flexibility index (Phi) is 3.85. The van der Waals surface area contributed by atoms with Gasteiger partial charge in [0, 0.05) is 30.7 Å². The van der Waals surface area contributed by atoms with E-state index in [4.69, 9.17) is 0 Å². The van der Waals surface area contributed by atoms with Crippen molar-refractivity contribution >= 4 is 0 Å². The lowest BCUT2D eigenvalue weighted by Crippen LogP contribution is -2.50. The summed E-state index contributed by atoms with van der Waals surface area (Å²) in [5, 5.41) is 13.4. The summed E-state index contributed by atoms with van der Waals surface area (Å²) >= 11 is 0. The van der Waals surface area contributed by atoms with Gasteiger partial charge in [0.05, 0.1) is 6.61 Å². The van der Waals surface area contributed by atoms with E-state index in [-0.39, 0.29) is 12.1 Å². The van der Waals surface area contributed by atoms with Crippen molar-refractivity contribution < 1.29 is 5.11 Å². The molecule has 1 heterocycles. The summed E-state index contributed by atoms with van der Waals surface area (Å²) in [4.78, 5) is 2.52. The number of fused-ring (bicyclic) bond motifs is 1. The van der Waals surface area contributed by atoms with Gasteiger partial charge in [0.1, 0.15) is 0 Å². The molecule has 2 N–H and O–H groups in total. The molecule has 0 radical (unpaired) electrons. The molecule has 1 aromatic carbocycles. The smallest absolute Gasteiger partial charge is 0.0611 e. The van der Waals surface area contributed by atoms with Crippen LogP contribution in [-0.4, -0.2) is 34.2 Å². The zero-order valence-corrected chi connectivity index (χ0v) is 12.6. The van der Waals surface area contributed by atoms with Crippen molar-refractivity contribution in [3.05, 3.63) is 35.4 Å². The van der Waals surface area contributed by atoms with Crippen LogP contribution in [0.1, 0.15) is 44.2 Å². The van der Waals surface area contributed by atoms with Crippen LogP contribution in [0.3, 0.4) is 0 Å². The number of aliphatic hydroxyl groups is 1. The second-order valence-corrected chi connectivity index (χ2v) is 6.86. The third kappa shape index (κ3) is 3.05. The third-order valence-electron chi connectivity index (χ3n) is 4.71. The van der Waals surface area contributed by atoms with Gasteiger partial charge in [0.2, 0.25) is 0 Å². The lowest BCUT2D eigenvalue weighted by atomic mass is 9.93. The van der Waals surface area contributed by atoms with Crippen LogP contribution in [0.15, 0.2) is 24.3 Å². The minimum atomic E-state index is -0.143. The number of rotatable bonds is 6. The average Bonchev–Trinajstić information content (AvgIpc) is 3.13. The summed E-state index contributed by atoms with van der Waals surface area (Å²) in [6.07, 6.45) is 3.52. The van der Waals surface area contributed by atoms with E-state index in [1.54, 1.807) is 0 Å². The molecular formula is C17H26N2O. The lowest BCUT2D eigenvalue weighted by molar-refractivity contribution is 0.112. The normalized spacial score (nSPS) is 23.4. The predicted octanol–water partition coefficient (Wildman–Crippen LogP) is 2.28. The quantitative estimate of drug-likeness (QED) is 0.835. The van der Waals surface area contributed by atoms with Crippen LogP contribution in [0.5, 0.6) is 0 Å². The molecule has 2 unspecified atom stereocenters. The van der Waals surface area contributed by atoms with Crippen molar-refractivity contribution in [3.63, 3.8) is 0 Å². The molecule has 0 amide bonds. The molecule has 110 valence electrons. The minimum Gasteiger partial charge on any atom is -0.394 e. The third-order valence-corrected chi connectivity index (χ3v) is 4.71. The highest BCUT2D eigenvalue weighted by molar-refractivity contribution is 5.30. The number of aliphatic hydroxyl groups excluding tert-OH is 1. The van der Waals surface area contributed by atoms with Gasteiger partial charge >= 0.3 is 0 Å². The van der Waals surface area contributed by atoms with Crippen molar-refractivity contribution in [1.82, 2.24) is 10.2 Å². The highest BCUT2D eigenvalue weighted by Gasteiger charge is 2.35. The Hall–Kier alpha value is -0.900. The molecule has 1 aromatic rings. The Morgan fingerprint density at radius 2 is 1.90 bits per heavy atom. The lowest BCUT2D eigenvalue weighted by Gasteiger charge is -2.35. The topological polar surface area (TPSA) is 35.5 Å². The highest BCUT2D eigenvalue weighted by atomic mass is 16.3. The molecular weight excluding hydrogens is 248 g/mol. The molecule has 0 spiro atoms. The Morgan fingerprint density at radius 3 is 2.40 bits per heavy atom. The van der Waals surface area contributed by atoms with E-state index in [1.165, 1.54) is 24.0 Å². The highest BCUT2D eigenvalue weighted by Crippen LogP contribution is 2.29. The standard InChI is InChI=1S/C17H26N2O/c1-13(9-17(2,12-20)18-16-7-8-16)19-10-14-5-3-4-6-15(14)11-19/h3-6,13,16,18,20H,7-12H2,1-2H3. The van der Waals surface area contributed by atoms with E-state index in [2.05, 4.69) is 48.3 Å².